The van der Waals surface area contributed by atoms with Gasteiger partial charge >= 0.3 is 0 Å². The van der Waals surface area contributed by atoms with Gasteiger partial charge in [-0.1, -0.05) is 84.7 Å². The fraction of sp³-hybridized carbons (Fsp3) is 0.645. The number of hydrogen-bond acceptors (Lipinski definition) is 5. The third-order valence-corrected chi connectivity index (χ3v) is 8.93. The summed E-state index contributed by atoms with van der Waals surface area (Å²) in [5.41, 5.74) is 0.758. The summed E-state index contributed by atoms with van der Waals surface area (Å²) in [5.74, 6) is -2.33. The van der Waals surface area contributed by atoms with Crippen LogP contribution in [0.1, 0.15) is 66.4 Å². The zero-order valence-corrected chi connectivity index (χ0v) is 24.5. The summed E-state index contributed by atoms with van der Waals surface area (Å²) in [6.07, 6.45) is 2.33. The van der Waals surface area contributed by atoms with Gasteiger partial charge in [-0.05, 0) is 41.1 Å². The number of Topliss-reactive ketones (excluding diaryl/α,β-unsaturated/α-hetero) is 1. The minimum Gasteiger partial charge on any atom is -0.345 e. The van der Waals surface area contributed by atoms with Crippen molar-refractivity contribution >= 4 is 29.4 Å². The Kier molecular flexibility index (Phi) is 8.71. The van der Waals surface area contributed by atoms with Crippen molar-refractivity contribution in [3.05, 3.63) is 35.9 Å². The van der Waals surface area contributed by atoms with Crippen LogP contribution in [0.25, 0.3) is 0 Å². The molecule has 3 N–H and O–H groups in total. The number of nitrogens with one attached hydrogen (secondary N) is 3. The van der Waals surface area contributed by atoms with Crippen molar-refractivity contribution in [1.29, 1.82) is 0 Å². The van der Waals surface area contributed by atoms with Gasteiger partial charge in [-0.3, -0.25) is 24.0 Å². The average Bonchev–Trinajstić information content (AvgIpc) is 3.76. The minimum atomic E-state index is -0.949. The van der Waals surface area contributed by atoms with Crippen LogP contribution in [-0.2, 0) is 30.5 Å². The fourth-order valence-electron chi connectivity index (χ4n) is 6.02. The van der Waals surface area contributed by atoms with Crippen LogP contribution in [0.4, 0.5) is 0 Å². The number of ketones is 1. The van der Waals surface area contributed by atoms with E-state index in [0.29, 0.717) is 18.9 Å². The van der Waals surface area contributed by atoms with Gasteiger partial charge in [0.15, 0.2) is 0 Å². The molecule has 4 amide bonds. The first kappa shape index (κ1) is 29.7. The minimum absolute atomic E-state index is 0.0475. The number of hydrogen-bond donors (Lipinski definition) is 3. The lowest BCUT2D eigenvalue weighted by Gasteiger charge is -2.35. The van der Waals surface area contributed by atoms with E-state index in [0.717, 1.165) is 18.4 Å². The lowest BCUT2D eigenvalue weighted by Crippen LogP contribution is -2.59. The maximum atomic E-state index is 13.9. The monoisotopic (exact) mass is 552 g/mol. The van der Waals surface area contributed by atoms with E-state index in [-0.39, 0.29) is 47.4 Å². The molecule has 218 valence electrons. The number of carbonyl (C=O) groups is 5. The first-order valence-electron chi connectivity index (χ1n) is 14.6. The molecule has 9 heteroatoms. The molecule has 2 unspecified atom stereocenters. The molecule has 2 aliphatic carbocycles. The molecule has 1 saturated heterocycles. The molecule has 40 heavy (non-hydrogen) atoms. The predicted molar refractivity (Wildman–Crippen MR) is 150 cm³/mol. The van der Waals surface area contributed by atoms with E-state index < -0.39 is 35.7 Å². The van der Waals surface area contributed by atoms with Crippen molar-refractivity contribution in [2.75, 3.05) is 6.54 Å². The molecule has 0 aromatic heterocycles. The maximum Gasteiger partial charge on any atom is 0.289 e. The Hall–Kier alpha value is -3.23. The van der Waals surface area contributed by atoms with Gasteiger partial charge in [0.1, 0.15) is 12.1 Å². The van der Waals surface area contributed by atoms with Crippen LogP contribution in [0, 0.1) is 35.0 Å². The van der Waals surface area contributed by atoms with Crippen LogP contribution >= 0.6 is 0 Å². The van der Waals surface area contributed by atoms with Gasteiger partial charge in [0.05, 0.1) is 6.04 Å². The van der Waals surface area contributed by atoms with Gasteiger partial charge in [0.2, 0.25) is 23.5 Å². The number of piperidine rings is 1. The summed E-state index contributed by atoms with van der Waals surface area (Å²) in [6.45, 7) is 12.1. The Bertz CT molecular complexity index is 1140. The highest BCUT2D eigenvalue weighted by Crippen LogP contribution is 2.65. The Morgan fingerprint density at radius 2 is 1.62 bits per heavy atom. The Morgan fingerprint density at radius 1 is 0.975 bits per heavy atom. The Labute approximate surface area is 237 Å². The van der Waals surface area contributed by atoms with Crippen LogP contribution in [0.5, 0.6) is 0 Å². The van der Waals surface area contributed by atoms with Crippen LogP contribution in [0.3, 0.4) is 0 Å². The highest BCUT2D eigenvalue weighted by Gasteiger charge is 2.69. The molecular formula is C31H44N4O5. The summed E-state index contributed by atoms with van der Waals surface area (Å²) in [6, 6.07) is 6.86. The molecule has 1 aliphatic heterocycles. The van der Waals surface area contributed by atoms with Gasteiger partial charge < -0.3 is 20.9 Å². The van der Waals surface area contributed by atoms with E-state index in [1.54, 1.807) is 18.7 Å². The third kappa shape index (κ3) is 6.39. The second kappa shape index (κ2) is 11.7. The number of carbonyl (C=O) groups excluding carboxylic acids is 5. The first-order valence-corrected chi connectivity index (χ1v) is 14.6. The molecule has 0 bridgehead atoms. The fourth-order valence-corrected chi connectivity index (χ4v) is 6.02. The van der Waals surface area contributed by atoms with Crippen molar-refractivity contribution in [2.45, 2.75) is 85.5 Å². The lowest BCUT2D eigenvalue weighted by molar-refractivity contribution is -0.145. The van der Waals surface area contributed by atoms with E-state index in [1.165, 1.54) is 0 Å². The number of benzene rings is 1. The number of rotatable bonds is 12. The van der Waals surface area contributed by atoms with Crippen molar-refractivity contribution in [3.8, 4) is 0 Å². The Morgan fingerprint density at radius 3 is 2.20 bits per heavy atom. The van der Waals surface area contributed by atoms with Crippen molar-refractivity contribution in [3.63, 3.8) is 0 Å². The molecule has 3 aliphatic rings. The molecule has 2 saturated carbocycles. The zero-order valence-electron chi connectivity index (χ0n) is 24.5. The highest BCUT2D eigenvalue weighted by molar-refractivity contribution is 6.38. The van der Waals surface area contributed by atoms with Crippen molar-refractivity contribution < 1.29 is 24.0 Å². The predicted octanol–water partition coefficient (Wildman–Crippen LogP) is 2.44. The lowest BCUT2D eigenvalue weighted by atomic mass is 9.96. The molecule has 3 fully saturated rings. The standard InChI is InChI=1S/C31H44N4O5/c1-17(2)24(34-27(37)18(3)4)30(40)35-16-21-23(31(21,5)6)25(35)28(38)33-22(14-19-12-13-19)26(36)29(39)32-15-20-10-8-7-9-11-20/h7-11,17-19,21-25H,12-16H2,1-6H3,(H,32,39)(H,33,38)(H,34,37)/t21-,22?,23-,24?,25-/m0/s1. The number of amides is 4. The molecule has 1 aromatic rings. The third-order valence-electron chi connectivity index (χ3n) is 8.93. The summed E-state index contributed by atoms with van der Waals surface area (Å²) in [7, 11) is 0. The van der Waals surface area contributed by atoms with Crippen molar-refractivity contribution in [1.82, 2.24) is 20.9 Å². The van der Waals surface area contributed by atoms with Gasteiger partial charge in [-0.25, -0.2) is 0 Å². The van der Waals surface area contributed by atoms with Crippen LogP contribution in [0.2, 0.25) is 0 Å². The van der Waals surface area contributed by atoms with Crippen molar-refractivity contribution in [2.24, 2.45) is 35.0 Å². The van der Waals surface area contributed by atoms with E-state index >= 15 is 0 Å². The van der Waals surface area contributed by atoms with E-state index in [2.05, 4.69) is 29.8 Å². The van der Waals surface area contributed by atoms with Crippen LogP contribution in [0.15, 0.2) is 30.3 Å². The van der Waals surface area contributed by atoms with E-state index in [4.69, 9.17) is 0 Å². The number of fused-ring (bicyclic) bond motifs is 1. The highest BCUT2D eigenvalue weighted by atomic mass is 16.2. The first-order chi connectivity index (χ1) is 18.8. The van der Waals surface area contributed by atoms with Gasteiger partial charge in [-0.2, -0.15) is 0 Å². The smallest absolute Gasteiger partial charge is 0.289 e. The number of nitrogens with zero attached hydrogens (tertiary/aromatic N) is 1. The van der Waals surface area contributed by atoms with E-state index in [9.17, 15) is 24.0 Å². The quantitative estimate of drug-likeness (QED) is 0.344. The summed E-state index contributed by atoms with van der Waals surface area (Å²) < 4.78 is 0. The normalized spacial score (nSPS) is 24.2. The molecule has 5 atom stereocenters. The topological polar surface area (TPSA) is 125 Å². The SMILES string of the molecule is CC(C)C(=O)NC(C(=O)N1C[C@H]2[C@@H]([C@H]1C(=O)NC(CC1CC1)C(=O)C(=O)NCc1ccccc1)C2(C)C)C(C)C. The molecule has 1 aromatic carbocycles. The molecular weight excluding hydrogens is 508 g/mol. The zero-order chi connectivity index (χ0) is 29.4. The Balaban J connectivity index is 1.49. The van der Waals surface area contributed by atoms with Gasteiger partial charge in [0.25, 0.3) is 5.91 Å². The molecule has 1 heterocycles. The molecule has 0 radical (unpaired) electrons. The largest absolute Gasteiger partial charge is 0.345 e. The average molecular weight is 553 g/mol. The molecule has 0 spiro atoms. The maximum absolute atomic E-state index is 13.9. The van der Waals surface area contributed by atoms with Crippen LogP contribution < -0.4 is 16.0 Å². The summed E-state index contributed by atoms with van der Waals surface area (Å²) in [4.78, 5) is 67.7. The second-order valence-corrected chi connectivity index (χ2v) is 13.0. The summed E-state index contributed by atoms with van der Waals surface area (Å²) in [5, 5.41) is 8.44. The molecule has 4 rings (SSSR count). The van der Waals surface area contributed by atoms with Gasteiger partial charge in [0, 0.05) is 19.0 Å². The second-order valence-electron chi connectivity index (χ2n) is 13.0. The summed E-state index contributed by atoms with van der Waals surface area (Å²) >= 11 is 0. The molecule has 9 nitrogen and oxygen atoms in total. The van der Waals surface area contributed by atoms with Gasteiger partial charge in [-0.15, -0.1) is 0 Å². The van der Waals surface area contributed by atoms with Crippen LogP contribution in [-0.4, -0.2) is 59.0 Å². The van der Waals surface area contributed by atoms with E-state index in [1.807, 2.05) is 44.2 Å². The number of likely N-dealkylation sites (tertiary alicyclic amines) is 1.